The minimum atomic E-state index is -2.30. The average Bonchev–Trinajstić information content (AvgIpc) is 3.49. The van der Waals surface area contributed by atoms with Crippen molar-refractivity contribution >= 4 is 17.3 Å². The van der Waals surface area contributed by atoms with E-state index < -0.39 is 76.8 Å². The molecule has 2 aromatic rings. The van der Waals surface area contributed by atoms with Gasteiger partial charge in [0.2, 0.25) is 0 Å². The number of nitrogens with two attached hydrogens (primary N) is 1. The summed E-state index contributed by atoms with van der Waals surface area (Å²) in [6.45, 7) is 2.44. The predicted molar refractivity (Wildman–Crippen MR) is 162 cm³/mol. The summed E-state index contributed by atoms with van der Waals surface area (Å²) in [5, 5.41) is 21.8. The first kappa shape index (κ1) is 31.5. The molecule has 4 N–H and O–H groups in total. The number of alkyl halides is 2. The van der Waals surface area contributed by atoms with Crippen molar-refractivity contribution in [3.05, 3.63) is 77.9 Å². The topological polar surface area (TPSA) is 128 Å². The Hall–Kier alpha value is -3.44. The smallest absolute Gasteiger partial charge is 0.193 e. The van der Waals surface area contributed by atoms with Crippen LogP contribution in [-0.2, 0) is 19.1 Å². The van der Waals surface area contributed by atoms with Crippen LogP contribution in [0.4, 0.5) is 14.5 Å². The lowest BCUT2D eigenvalue weighted by molar-refractivity contribution is -0.235. The molecule has 10 atom stereocenters. The number of anilines is 1. The number of allylic oxidation sites excluding steroid dienone is 4. The SMILES string of the molecule is C.C[C@]12C=CC(=O)C=C1[C@@H](F)C[C@H]1[C@@H]3C[C@H]4O[C@H](c5ccc(Oc6cccc(N)c6)cc5)O[C@@]4(C(=O)CO)[C@@]3(C)C[C@H](O)[C@@]12F. The average molecular weight is 624 g/mol. The second kappa shape index (κ2) is 10.6. The Bertz CT molecular complexity index is 1590. The van der Waals surface area contributed by atoms with Crippen molar-refractivity contribution in [3.63, 3.8) is 0 Å². The van der Waals surface area contributed by atoms with Gasteiger partial charge in [0.25, 0.3) is 0 Å². The molecule has 0 aromatic heterocycles. The lowest BCUT2D eigenvalue weighted by Crippen LogP contribution is -2.70. The van der Waals surface area contributed by atoms with E-state index in [1.165, 1.54) is 19.1 Å². The molecular weight excluding hydrogens is 584 g/mol. The molecule has 1 saturated heterocycles. The number of carbonyl (C=O) groups excluding carboxylic acids is 2. The fourth-order valence-electron chi connectivity index (χ4n) is 9.12. The summed E-state index contributed by atoms with van der Waals surface area (Å²) in [7, 11) is 0. The zero-order valence-corrected chi connectivity index (χ0v) is 24.4. The van der Waals surface area contributed by atoms with Gasteiger partial charge in [0.05, 0.1) is 12.2 Å². The van der Waals surface area contributed by atoms with E-state index in [0.717, 1.165) is 6.08 Å². The van der Waals surface area contributed by atoms with Crippen LogP contribution in [0.25, 0.3) is 0 Å². The minimum absolute atomic E-state index is 0. The largest absolute Gasteiger partial charge is 0.457 e. The summed E-state index contributed by atoms with van der Waals surface area (Å²) in [4.78, 5) is 25.8. The van der Waals surface area contributed by atoms with Crippen molar-refractivity contribution in [2.24, 2.45) is 22.7 Å². The van der Waals surface area contributed by atoms with Gasteiger partial charge in [-0.15, -0.1) is 0 Å². The first-order valence-electron chi connectivity index (χ1n) is 14.9. The quantitative estimate of drug-likeness (QED) is 0.381. The molecule has 8 nitrogen and oxygen atoms in total. The fraction of sp³-hybridized carbons (Fsp3) is 0.486. The molecule has 0 amide bonds. The first-order chi connectivity index (χ1) is 20.9. The molecular formula is C35H39F2NO7. The summed E-state index contributed by atoms with van der Waals surface area (Å²) >= 11 is 0. The highest BCUT2D eigenvalue weighted by molar-refractivity contribution is 6.01. The van der Waals surface area contributed by atoms with Crippen LogP contribution in [0, 0.1) is 22.7 Å². The van der Waals surface area contributed by atoms with E-state index in [9.17, 15) is 19.8 Å². The molecule has 240 valence electrons. The lowest BCUT2D eigenvalue weighted by Gasteiger charge is -2.63. The van der Waals surface area contributed by atoms with E-state index >= 15 is 8.78 Å². The highest BCUT2D eigenvalue weighted by Gasteiger charge is 2.80. The van der Waals surface area contributed by atoms with Crippen LogP contribution in [0.1, 0.15) is 52.4 Å². The third-order valence-corrected chi connectivity index (χ3v) is 11.2. The Labute approximate surface area is 260 Å². The van der Waals surface area contributed by atoms with Crippen LogP contribution in [0.2, 0.25) is 0 Å². The Kier molecular flexibility index (Phi) is 7.40. The number of Topliss-reactive ketones (excluding diaryl/α,β-unsaturated/α-hetero) is 1. The van der Waals surface area contributed by atoms with Crippen LogP contribution in [-0.4, -0.2) is 58.0 Å². The maximum absolute atomic E-state index is 17.5. The molecule has 0 radical (unpaired) electrons. The van der Waals surface area contributed by atoms with E-state index in [0.29, 0.717) is 22.7 Å². The monoisotopic (exact) mass is 623 g/mol. The number of hydrogen-bond donors (Lipinski definition) is 3. The number of aliphatic hydroxyl groups is 2. The number of ketones is 2. The fourth-order valence-corrected chi connectivity index (χ4v) is 9.12. The molecule has 45 heavy (non-hydrogen) atoms. The van der Waals surface area contributed by atoms with Crippen LogP contribution >= 0.6 is 0 Å². The molecule has 1 aliphatic heterocycles. The van der Waals surface area contributed by atoms with Crippen molar-refractivity contribution in [3.8, 4) is 11.5 Å². The van der Waals surface area contributed by atoms with Gasteiger partial charge in [0, 0.05) is 34.1 Å². The van der Waals surface area contributed by atoms with E-state index in [4.69, 9.17) is 19.9 Å². The molecule has 4 aliphatic carbocycles. The normalized spacial score (nSPS) is 41.2. The standard InChI is InChI=1S/C34H35F2NO7.CH4/c1-31-11-10-20(39)13-25(31)26(35)14-24-23-15-29-34(28(41)17-38,32(23,2)16-27(40)33(24,31)36)44-30(43-29)18-6-8-21(9-7-18)42-22-5-3-4-19(37)12-22;/h3-13,23-24,26-27,29-30,38,40H,14-17,37H2,1-2H3;1H4/t23-,24-,26-,27-,29+,30-,31-,32-,33-,34+;/m0./s1. The Morgan fingerprint density at radius 3 is 2.53 bits per heavy atom. The summed E-state index contributed by atoms with van der Waals surface area (Å²) in [5.74, 6) is -1.56. The number of carbonyl (C=O) groups is 2. The summed E-state index contributed by atoms with van der Waals surface area (Å²) in [6.07, 6.45) is -1.59. The number of hydrogen-bond acceptors (Lipinski definition) is 8. The lowest BCUT2D eigenvalue weighted by atomic mass is 9.44. The van der Waals surface area contributed by atoms with E-state index in [1.54, 1.807) is 55.5 Å². The third-order valence-electron chi connectivity index (χ3n) is 11.2. The van der Waals surface area contributed by atoms with Crippen LogP contribution in [0.15, 0.2) is 72.3 Å². The van der Waals surface area contributed by atoms with E-state index in [-0.39, 0.29) is 32.3 Å². The molecule has 1 heterocycles. The number of fused-ring (bicyclic) bond motifs is 7. The summed E-state index contributed by atoms with van der Waals surface area (Å²) in [6, 6.07) is 13.9. The molecule has 3 saturated carbocycles. The molecule has 10 heteroatoms. The minimum Gasteiger partial charge on any atom is -0.457 e. The highest BCUT2D eigenvalue weighted by Crippen LogP contribution is 2.72. The zero-order valence-electron chi connectivity index (χ0n) is 24.4. The number of benzene rings is 2. The van der Waals surface area contributed by atoms with Crippen LogP contribution in [0.3, 0.4) is 0 Å². The van der Waals surface area contributed by atoms with Crippen LogP contribution in [0.5, 0.6) is 11.5 Å². The predicted octanol–water partition coefficient (Wildman–Crippen LogP) is 5.34. The number of nitrogen functional groups attached to an aromatic ring is 1. The van der Waals surface area contributed by atoms with E-state index in [1.807, 2.05) is 0 Å². The molecule has 5 aliphatic rings. The Balaban J connectivity index is 0.00000357. The van der Waals surface area contributed by atoms with Gasteiger partial charge in [0.1, 0.15) is 24.3 Å². The van der Waals surface area contributed by atoms with Crippen molar-refractivity contribution in [1.29, 1.82) is 0 Å². The van der Waals surface area contributed by atoms with Gasteiger partial charge in [-0.1, -0.05) is 38.6 Å². The van der Waals surface area contributed by atoms with Gasteiger partial charge in [-0.05, 0) is 74.1 Å². The maximum atomic E-state index is 17.5. The second-order valence-corrected chi connectivity index (χ2v) is 13.2. The number of ether oxygens (including phenoxy) is 3. The summed E-state index contributed by atoms with van der Waals surface area (Å²) in [5.41, 5.74) is 0.297. The van der Waals surface area contributed by atoms with Gasteiger partial charge in [-0.3, -0.25) is 9.59 Å². The highest BCUT2D eigenvalue weighted by atomic mass is 19.1. The van der Waals surface area contributed by atoms with Gasteiger partial charge in [-0.2, -0.15) is 0 Å². The second-order valence-electron chi connectivity index (χ2n) is 13.2. The van der Waals surface area contributed by atoms with Gasteiger partial charge < -0.3 is 30.2 Å². The Morgan fingerprint density at radius 1 is 1.11 bits per heavy atom. The van der Waals surface area contributed by atoms with Crippen molar-refractivity contribution in [1.82, 2.24) is 0 Å². The maximum Gasteiger partial charge on any atom is 0.193 e. The zero-order chi connectivity index (χ0) is 31.2. The first-order valence-corrected chi connectivity index (χ1v) is 14.9. The molecule has 0 unspecified atom stereocenters. The Morgan fingerprint density at radius 2 is 1.84 bits per heavy atom. The summed E-state index contributed by atoms with van der Waals surface area (Å²) < 4.78 is 52.1. The van der Waals surface area contributed by atoms with Gasteiger partial charge in [-0.25, -0.2) is 8.78 Å². The van der Waals surface area contributed by atoms with Crippen molar-refractivity contribution in [2.45, 2.75) is 76.5 Å². The van der Waals surface area contributed by atoms with Gasteiger partial charge in [0.15, 0.2) is 29.1 Å². The third kappa shape index (κ3) is 4.15. The van der Waals surface area contributed by atoms with Crippen molar-refractivity contribution in [2.75, 3.05) is 12.3 Å². The molecule has 4 fully saturated rings. The van der Waals surface area contributed by atoms with Gasteiger partial charge >= 0.3 is 0 Å². The van der Waals surface area contributed by atoms with Crippen molar-refractivity contribution < 1.29 is 42.8 Å². The number of halogens is 2. The molecule has 0 spiro atoms. The number of aliphatic hydroxyl groups excluding tert-OH is 2. The molecule has 0 bridgehead atoms. The van der Waals surface area contributed by atoms with Crippen LogP contribution < -0.4 is 10.5 Å². The molecule has 7 rings (SSSR count). The molecule has 2 aromatic carbocycles. The van der Waals surface area contributed by atoms with E-state index in [2.05, 4.69) is 0 Å². The number of rotatable bonds is 5.